The van der Waals surface area contributed by atoms with Crippen molar-refractivity contribution < 1.29 is 4.79 Å². The summed E-state index contributed by atoms with van der Waals surface area (Å²) >= 11 is 0. The van der Waals surface area contributed by atoms with Crippen LogP contribution in [0.3, 0.4) is 0 Å². The molecule has 0 saturated heterocycles. The quantitative estimate of drug-likeness (QED) is 0.809. The van der Waals surface area contributed by atoms with E-state index in [1.165, 1.54) is 0 Å². The van der Waals surface area contributed by atoms with Crippen molar-refractivity contribution in [2.45, 2.75) is 60.0 Å². The summed E-state index contributed by atoms with van der Waals surface area (Å²) in [6.07, 6.45) is 1.49. The van der Waals surface area contributed by atoms with Gasteiger partial charge in [0.25, 0.3) is 0 Å². The van der Waals surface area contributed by atoms with Crippen LogP contribution in [0, 0.1) is 5.41 Å². The van der Waals surface area contributed by atoms with E-state index in [2.05, 4.69) is 39.5 Å². The molecule has 2 N–H and O–H groups in total. The highest BCUT2D eigenvalue weighted by Gasteiger charge is 2.25. The first-order chi connectivity index (χ1) is 10.5. The number of amides is 1. The number of nitrogens with two attached hydrogens (primary N) is 1. The summed E-state index contributed by atoms with van der Waals surface area (Å²) < 4.78 is 0. The maximum absolute atomic E-state index is 12.8. The van der Waals surface area contributed by atoms with Crippen molar-refractivity contribution in [1.29, 1.82) is 0 Å². The Bertz CT molecular complexity index is 532. The van der Waals surface area contributed by atoms with Crippen molar-refractivity contribution >= 4 is 17.3 Å². The van der Waals surface area contributed by atoms with Crippen LogP contribution in [0.25, 0.3) is 0 Å². The Morgan fingerprint density at radius 3 is 2.35 bits per heavy atom. The molecule has 130 valence electrons. The van der Waals surface area contributed by atoms with E-state index in [4.69, 9.17) is 5.73 Å². The highest BCUT2D eigenvalue weighted by Crippen LogP contribution is 2.27. The zero-order valence-corrected chi connectivity index (χ0v) is 15.8. The first-order valence-electron chi connectivity index (χ1n) is 8.40. The molecular weight excluding hydrogens is 286 g/mol. The fourth-order valence-electron chi connectivity index (χ4n) is 2.62. The number of hydrogen-bond acceptors (Lipinski definition) is 3. The van der Waals surface area contributed by atoms with Gasteiger partial charge in [-0.2, -0.15) is 0 Å². The van der Waals surface area contributed by atoms with Crippen LogP contribution in [0.15, 0.2) is 18.2 Å². The fourth-order valence-corrected chi connectivity index (χ4v) is 2.62. The van der Waals surface area contributed by atoms with Crippen molar-refractivity contribution in [2.75, 3.05) is 24.7 Å². The third kappa shape index (κ3) is 5.77. The molecule has 1 atom stereocenters. The second kappa shape index (κ2) is 7.71. The fraction of sp³-hybridized carbons (Fsp3) is 0.632. The Morgan fingerprint density at radius 1 is 1.26 bits per heavy atom. The van der Waals surface area contributed by atoms with Gasteiger partial charge in [0.15, 0.2) is 0 Å². The minimum Gasteiger partial charge on any atom is -0.399 e. The molecule has 0 spiro atoms. The summed E-state index contributed by atoms with van der Waals surface area (Å²) in [4.78, 5) is 16.9. The molecule has 1 aromatic carbocycles. The van der Waals surface area contributed by atoms with Crippen molar-refractivity contribution in [2.24, 2.45) is 5.41 Å². The van der Waals surface area contributed by atoms with Gasteiger partial charge < -0.3 is 15.5 Å². The van der Waals surface area contributed by atoms with Gasteiger partial charge in [-0.15, -0.1) is 0 Å². The Labute approximate surface area is 141 Å². The lowest BCUT2D eigenvalue weighted by Gasteiger charge is -2.32. The number of rotatable bonds is 6. The van der Waals surface area contributed by atoms with Gasteiger partial charge in [-0.05, 0) is 42.5 Å². The zero-order valence-electron chi connectivity index (χ0n) is 15.8. The molecule has 0 aliphatic carbocycles. The van der Waals surface area contributed by atoms with Gasteiger partial charge in [0, 0.05) is 44.5 Å². The van der Waals surface area contributed by atoms with Crippen LogP contribution in [0.4, 0.5) is 11.4 Å². The molecular formula is C19H33N3O. The maximum Gasteiger partial charge on any atom is 0.223 e. The van der Waals surface area contributed by atoms with E-state index in [-0.39, 0.29) is 17.4 Å². The Morgan fingerprint density at radius 2 is 1.87 bits per heavy atom. The second-order valence-electron chi connectivity index (χ2n) is 7.80. The van der Waals surface area contributed by atoms with Gasteiger partial charge in [-0.3, -0.25) is 4.79 Å². The SMILES string of the molecule is CCC(C)N(Cc1cc(N)ccc1N(C)C)C(=O)CC(C)(C)C. The maximum atomic E-state index is 12.8. The first kappa shape index (κ1) is 19.3. The van der Waals surface area contributed by atoms with Gasteiger partial charge in [-0.25, -0.2) is 0 Å². The van der Waals surface area contributed by atoms with E-state index in [1.807, 2.05) is 37.2 Å². The summed E-state index contributed by atoms with van der Waals surface area (Å²) in [5, 5.41) is 0. The van der Waals surface area contributed by atoms with Crippen LogP contribution in [0.5, 0.6) is 0 Å². The molecule has 4 heteroatoms. The summed E-state index contributed by atoms with van der Waals surface area (Å²) in [6.45, 7) is 11.1. The van der Waals surface area contributed by atoms with Gasteiger partial charge in [0.05, 0.1) is 0 Å². The average molecular weight is 319 g/mol. The minimum atomic E-state index is -0.0110. The van der Waals surface area contributed by atoms with E-state index in [1.54, 1.807) is 0 Å². The number of hydrogen-bond donors (Lipinski definition) is 1. The van der Waals surface area contributed by atoms with E-state index in [0.29, 0.717) is 13.0 Å². The molecule has 0 radical (unpaired) electrons. The number of nitrogens with zero attached hydrogens (tertiary/aromatic N) is 2. The number of nitrogen functional groups attached to an aromatic ring is 1. The lowest BCUT2D eigenvalue weighted by Crippen LogP contribution is -2.39. The van der Waals surface area contributed by atoms with Gasteiger partial charge >= 0.3 is 0 Å². The Kier molecular flexibility index (Phi) is 6.48. The molecule has 1 unspecified atom stereocenters. The zero-order chi connectivity index (χ0) is 17.8. The highest BCUT2D eigenvalue weighted by molar-refractivity contribution is 5.77. The van der Waals surface area contributed by atoms with Crippen molar-refractivity contribution in [3.63, 3.8) is 0 Å². The van der Waals surface area contributed by atoms with Gasteiger partial charge in [0.2, 0.25) is 5.91 Å². The molecule has 4 nitrogen and oxygen atoms in total. The predicted molar refractivity (Wildman–Crippen MR) is 99.6 cm³/mol. The standard InChI is InChI=1S/C19H33N3O/c1-8-14(2)22(18(23)12-19(3,4)5)13-15-11-16(20)9-10-17(15)21(6)7/h9-11,14H,8,12-13,20H2,1-7H3. The molecule has 0 saturated carbocycles. The topological polar surface area (TPSA) is 49.6 Å². The molecule has 23 heavy (non-hydrogen) atoms. The summed E-state index contributed by atoms with van der Waals surface area (Å²) in [7, 11) is 4.03. The summed E-state index contributed by atoms with van der Waals surface area (Å²) in [5.41, 5.74) is 8.89. The van der Waals surface area contributed by atoms with Crippen LogP contribution in [-0.2, 0) is 11.3 Å². The summed E-state index contributed by atoms with van der Waals surface area (Å²) in [6, 6.07) is 6.12. The lowest BCUT2D eigenvalue weighted by atomic mass is 9.91. The molecule has 1 amide bonds. The Hall–Kier alpha value is -1.71. The minimum absolute atomic E-state index is 0.0110. The molecule has 1 aromatic rings. The van der Waals surface area contributed by atoms with Crippen LogP contribution in [0.1, 0.15) is 53.0 Å². The lowest BCUT2D eigenvalue weighted by molar-refractivity contribution is -0.135. The largest absolute Gasteiger partial charge is 0.399 e. The van der Waals surface area contributed by atoms with Crippen molar-refractivity contribution in [1.82, 2.24) is 4.90 Å². The van der Waals surface area contributed by atoms with E-state index in [0.717, 1.165) is 23.4 Å². The third-order valence-electron chi connectivity index (χ3n) is 4.05. The van der Waals surface area contributed by atoms with Gasteiger partial charge in [-0.1, -0.05) is 27.7 Å². The molecule has 0 fully saturated rings. The number of carbonyl (C=O) groups excluding carboxylic acids is 1. The van der Waals surface area contributed by atoms with Crippen molar-refractivity contribution in [3.05, 3.63) is 23.8 Å². The van der Waals surface area contributed by atoms with E-state index >= 15 is 0 Å². The summed E-state index contributed by atoms with van der Waals surface area (Å²) in [5.74, 6) is 0.207. The molecule has 0 aliphatic rings. The van der Waals surface area contributed by atoms with Crippen LogP contribution >= 0.6 is 0 Å². The van der Waals surface area contributed by atoms with Crippen LogP contribution < -0.4 is 10.6 Å². The van der Waals surface area contributed by atoms with Crippen LogP contribution in [0.2, 0.25) is 0 Å². The number of carbonyl (C=O) groups is 1. The predicted octanol–water partition coefficient (Wildman–Crippen LogP) is 3.90. The number of benzene rings is 1. The van der Waals surface area contributed by atoms with Crippen LogP contribution in [-0.4, -0.2) is 30.9 Å². The van der Waals surface area contributed by atoms with E-state index < -0.39 is 0 Å². The average Bonchev–Trinajstić information content (AvgIpc) is 2.41. The molecule has 0 aliphatic heterocycles. The van der Waals surface area contributed by atoms with Gasteiger partial charge in [0.1, 0.15) is 0 Å². The third-order valence-corrected chi connectivity index (χ3v) is 4.05. The first-order valence-corrected chi connectivity index (χ1v) is 8.40. The highest BCUT2D eigenvalue weighted by atomic mass is 16.2. The molecule has 0 bridgehead atoms. The number of anilines is 2. The molecule has 0 heterocycles. The normalized spacial score (nSPS) is 12.8. The molecule has 0 aromatic heterocycles. The Balaban J connectivity index is 3.11. The smallest absolute Gasteiger partial charge is 0.223 e. The second-order valence-corrected chi connectivity index (χ2v) is 7.80. The molecule has 1 rings (SSSR count). The monoisotopic (exact) mass is 319 g/mol. The van der Waals surface area contributed by atoms with Crippen molar-refractivity contribution in [3.8, 4) is 0 Å². The van der Waals surface area contributed by atoms with E-state index in [9.17, 15) is 4.79 Å².